The van der Waals surface area contributed by atoms with Crippen LogP contribution in [0.15, 0.2) is 18.3 Å². The first-order valence-electron chi connectivity index (χ1n) is 10.3. The summed E-state index contributed by atoms with van der Waals surface area (Å²) in [5.41, 5.74) is 3.80. The highest BCUT2D eigenvalue weighted by atomic mass is 16.5. The summed E-state index contributed by atoms with van der Waals surface area (Å²) in [5, 5.41) is 20.4. The first kappa shape index (κ1) is 23.6. The van der Waals surface area contributed by atoms with Crippen LogP contribution in [0.5, 0.6) is 5.75 Å². The van der Waals surface area contributed by atoms with Crippen LogP contribution in [0.3, 0.4) is 0 Å². The zero-order valence-corrected chi connectivity index (χ0v) is 18.4. The first-order chi connectivity index (χ1) is 13.2. The summed E-state index contributed by atoms with van der Waals surface area (Å²) in [6.07, 6.45) is 3.23. The van der Waals surface area contributed by atoms with Crippen molar-refractivity contribution < 1.29 is 24.5 Å². The van der Waals surface area contributed by atoms with E-state index in [1.165, 1.54) is 0 Å². The summed E-state index contributed by atoms with van der Waals surface area (Å²) in [6, 6.07) is 2.53. The van der Waals surface area contributed by atoms with Crippen LogP contribution in [0.1, 0.15) is 66.5 Å². The molecule has 29 heavy (non-hydrogen) atoms. The topological polar surface area (TPSA) is 115 Å². The summed E-state index contributed by atoms with van der Waals surface area (Å²) in [5.74, 6) is -0.580. The lowest BCUT2D eigenvalue weighted by atomic mass is 9.84. The molecule has 0 bridgehead atoms. The fraction of sp³-hybridized carbons (Fsp3) is 0.727. The van der Waals surface area contributed by atoms with Crippen LogP contribution in [0.4, 0.5) is 0 Å². The minimum atomic E-state index is -2.08. The number of aromatic nitrogens is 1. The molecule has 0 spiro atoms. The molecule has 7 nitrogen and oxygen atoms in total. The van der Waals surface area contributed by atoms with Gasteiger partial charge in [0.2, 0.25) is 0 Å². The largest absolute Gasteiger partial charge is 0.490 e. The molecule has 1 saturated heterocycles. The van der Waals surface area contributed by atoms with E-state index in [0.29, 0.717) is 17.9 Å². The average molecular weight is 409 g/mol. The van der Waals surface area contributed by atoms with E-state index in [-0.39, 0.29) is 29.6 Å². The number of aliphatic hydroxyl groups is 1. The number of carboxylic acids is 1. The van der Waals surface area contributed by atoms with Crippen LogP contribution in [-0.2, 0) is 16.0 Å². The summed E-state index contributed by atoms with van der Waals surface area (Å²) < 4.78 is 12.3. The van der Waals surface area contributed by atoms with Gasteiger partial charge in [0.1, 0.15) is 11.9 Å². The van der Waals surface area contributed by atoms with Gasteiger partial charge in [-0.05, 0) is 46.1 Å². The zero-order valence-electron chi connectivity index (χ0n) is 18.4. The number of hydrogen-bond donors (Lipinski definition) is 3. The number of ether oxygens (including phenoxy) is 2. The minimum Gasteiger partial charge on any atom is -0.490 e. The van der Waals surface area contributed by atoms with Crippen molar-refractivity contribution in [1.82, 2.24) is 4.98 Å². The number of aliphatic carboxylic acids is 1. The number of hydrogen-bond acceptors (Lipinski definition) is 6. The van der Waals surface area contributed by atoms with E-state index in [2.05, 4.69) is 4.98 Å². The molecule has 0 aliphatic carbocycles. The third-order valence-corrected chi connectivity index (χ3v) is 5.24. The Balaban J connectivity index is 2.17. The number of nitrogens with two attached hydrogens (primary N) is 1. The normalized spacial score (nSPS) is 22.1. The van der Waals surface area contributed by atoms with Crippen LogP contribution in [0.2, 0.25) is 0 Å². The number of carboxylic acid groups (broad SMARTS) is 1. The highest BCUT2D eigenvalue weighted by molar-refractivity contribution is 5.78. The summed E-state index contributed by atoms with van der Waals surface area (Å²) in [6.45, 7) is 12.1. The van der Waals surface area contributed by atoms with Gasteiger partial charge in [-0.15, -0.1) is 0 Å². The summed E-state index contributed by atoms with van der Waals surface area (Å²) in [4.78, 5) is 16.0. The first-order valence-corrected chi connectivity index (χ1v) is 10.3. The van der Waals surface area contributed by atoms with E-state index in [0.717, 1.165) is 12.8 Å². The molecule has 1 aliphatic rings. The van der Waals surface area contributed by atoms with Crippen molar-refractivity contribution in [1.29, 1.82) is 0 Å². The van der Waals surface area contributed by atoms with Gasteiger partial charge in [-0.1, -0.05) is 13.8 Å². The number of nitrogens with zero attached hydrogens (tertiary/aromatic N) is 1. The molecule has 0 aromatic carbocycles. The number of carbonyl (C=O) groups is 1. The van der Waals surface area contributed by atoms with Crippen molar-refractivity contribution in [2.45, 2.75) is 96.2 Å². The number of rotatable bonds is 8. The van der Waals surface area contributed by atoms with Crippen molar-refractivity contribution >= 4 is 5.97 Å². The molecule has 0 amide bonds. The molecule has 2 atom stereocenters. The smallest absolute Gasteiger partial charge is 0.337 e. The molecular weight excluding hydrogens is 372 g/mol. The molecule has 2 heterocycles. The highest BCUT2D eigenvalue weighted by Gasteiger charge is 2.43. The van der Waals surface area contributed by atoms with Crippen LogP contribution < -0.4 is 10.5 Å². The van der Waals surface area contributed by atoms with Gasteiger partial charge in [-0.3, -0.25) is 4.98 Å². The van der Waals surface area contributed by atoms with E-state index >= 15 is 0 Å². The Hall–Kier alpha value is -1.70. The van der Waals surface area contributed by atoms with Gasteiger partial charge in [0, 0.05) is 43.3 Å². The van der Waals surface area contributed by atoms with E-state index in [4.69, 9.17) is 15.2 Å². The molecule has 0 radical (unpaired) electrons. The van der Waals surface area contributed by atoms with E-state index in [9.17, 15) is 15.0 Å². The quantitative estimate of drug-likeness (QED) is 0.606. The van der Waals surface area contributed by atoms with Crippen LogP contribution in [0.25, 0.3) is 0 Å². The molecule has 0 unspecified atom stereocenters. The Morgan fingerprint density at radius 3 is 2.45 bits per heavy atom. The molecule has 164 valence electrons. The van der Waals surface area contributed by atoms with Gasteiger partial charge in [0.15, 0.2) is 5.60 Å². The molecule has 7 heteroatoms. The van der Waals surface area contributed by atoms with Gasteiger partial charge in [-0.25, -0.2) is 4.79 Å². The fourth-order valence-electron chi connectivity index (χ4n) is 4.25. The Labute approximate surface area is 173 Å². The summed E-state index contributed by atoms with van der Waals surface area (Å²) in [7, 11) is 0. The number of pyridine rings is 1. The lowest BCUT2D eigenvalue weighted by molar-refractivity contribution is -0.182. The van der Waals surface area contributed by atoms with Crippen LogP contribution in [-0.4, -0.2) is 50.1 Å². The molecule has 0 saturated carbocycles. The molecule has 1 aromatic rings. The minimum absolute atomic E-state index is 0.0365. The zero-order chi connectivity index (χ0) is 22.0. The average Bonchev–Trinajstić information content (AvgIpc) is 2.50. The maximum absolute atomic E-state index is 11.8. The van der Waals surface area contributed by atoms with Crippen molar-refractivity contribution in [3.63, 3.8) is 0 Å². The Bertz CT molecular complexity index is 703. The van der Waals surface area contributed by atoms with E-state index < -0.39 is 17.6 Å². The van der Waals surface area contributed by atoms with Crippen molar-refractivity contribution in [3.05, 3.63) is 24.0 Å². The molecule has 1 aromatic heterocycles. The maximum Gasteiger partial charge on any atom is 0.337 e. The van der Waals surface area contributed by atoms with E-state index in [1.807, 2.05) is 41.5 Å². The Kier molecular flexibility index (Phi) is 6.97. The highest BCUT2D eigenvalue weighted by Crippen LogP contribution is 2.37. The fourth-order valence-corrected chi connectivity index (χ4v) is 4.25. The molecule has 2 rings (SSSR count). The third-order valence-electron chi connectivity index (χ3n) is 5.24. The van der Waals surface area contributed by atoms with Crippen LogP contribution >= 0.6 is 0 Å². The molecule has 1 aliphatic heterocycles. The molecule has 1 fully saturated rings. The SMILES string of the molecule is CC(C)C[C@H](N)[C@](O)(Cc1cc(OC2CC(C)(C)OC(C)(C)C2)ccn1)C(=O)O. The Morgan fingerprint density at radius 1 is 1.34 bits per heavy atom. The van der Waals surface area contributed by atoms with E-state index in [1.54, 1.807) is 18.3 Å². The Morgan fingerprint density at radius 2 is 1.93 bits per heavy atom. The standard InChI is InChI=1S/C22H36N2O5/c1-14(2)9-18(23)22(27,19(25)26)11-15-10-16(7-8-24-15)28-17-12-20(3,4)29-21(5,6)13-17/h7-8,10,14,17-18,27H,9,11-13,23H2,1-6H3,(H,25,26)/t18-,22+/m0/s1. The monoisotopic (exact) mass is 408 g/mol. The second kappa shape index (κ2) is 8.58. The van der Waals surface area contributed by atoms with Gasteiger partial charge in [0.25, 0.3) is 0 Å². The third kappa shape index (κ3) is 6.39. The molecular formula is C22H36N2O5. The van der Waals surface area contributed by atoms with Gasteiger partial charge < -0.3 is 25.4 Å². The maximum atomic E-state index is 11.8. The van der Waals surface area contributed by atoms with Crippen molar-refractivity contribution in [2.75, 3.05) is 0 Å². The summed E-state index contributed by atoms with van der Waals surface area (Å²) >= 11 is 0. The predicted molar refractivity (Wildman–Crippen MR) is 111 cm³/mol. The van der Waals surface area contributed by atoms with Crippen LogP contribution in [0, 0.1) is 5.92 Å². The predicted octanol–water partition coefficient (Wildman–Crippen LogP) is 2.93. The second-order valence-corrected chi connectivity index (χ2v) is 9.89. The second-order valence-electron chi connectivity index (χ2n) is 9.89. The molecule has 4 N–H and O–H groups in total. The van der Waals surface area contributed by atoms with Crippen molar-refractivity contribution in [2.24, 2.45) is 11.7 Å². The van der Waals surface area contributed by atoms with Gasteiger partial charge in [0.05, 0.1) is 11.2 Å². The van der Waals surface area contributed by atoms with Crippen molar-refractivity contribution in [3.8, 4) is 5.75 Å². The lowest BCUT2D eigenvalue weighted by Gasteiger charge is -2.45. The lowest BCUT2D eigenvalue weighted by Crippen LogP contribution is -2.56. The van der Waals surface area contributed by atoms with Gasteiger partial charge >= 0.3 is 5.97 Å². The van der Waals surface area contributed by atoms with Gasteiger partial charge in [-0.2, -0.15) is 0 Å².